The Labute approximate surface area is 175 Å². The average Bonchev–Trinajstić information content (AvgIpc) is 3.08. The van der Waals surface area contributed by atoms with Crippen LogP contribution in [-0.4, -0.2) is 57.8 Å². The fourth-order valence-electron chi connectivity index (χ4n) is 5.11. The fourth-order valence-corrected chi connectivity index (χ4v) is 9.71. The van der Waals surface area contributed by atoms with Crippen LogP contribution in [0, 0.1) is 0 Å². The Morgan fingerprint density at radius 3 is 1.97 bits per heavy atom. The predicted octanol–water partition coefficient (Wildman–Crippen LogP) is 1.44. The summed E-state index contributed by atoms with van der Waals surface area (Å²) in [5.74, 6) is 0. The second-order valence-corrected chi connectivity index (χ2v) is 13.7. The van der Waals surface area contributed by atoms with Crippen LogP contribution in [0.5, 0.6) is 0 Å². The number of ether oxygens (including phenoxy) is 2. The summed E-state index contributed by atoms with van der Waals surface area (Å²) in [5.41, 5.74) is -0.822. The molecule has 2 bridgehead atoms. The summed E-state index contributed by atoms with van der Waals surface area (Å²) < 4.78 is 19.3. The summed E-state index contributed by atoms with van der Waals surface area (Å²) in [6, 6.07) is 21.0. The van der Waals surface area contributed by atoms with Crippen LogP contribution in [0.3, 0.4) is 0 Å². The molecular formula is C23H31BO4Si. The first-order chi connectivity index (χ1) is 13.7. The Morgan fingerprint density at radius 1 is 1.03 bits per heavy atom. The van der Waals surface area contributed by atoms with Crippen molar-refractivity contribution >= 4 is 26.5 Å². The van der Waals surface area contributed by atoms with E-state index in [0.717, 1.165) is 0 Å². The minimum atomic E-state index is -2.69. The van der Waals surface area contributed by atoms with Crippen LogP contribution in [0.15, 0.2) is 60.7 Å². The van der Waals surface area contributed by atoms with Crippen LogP contribution in [0.1, 0.15) is 27.7 Å². The highest BCUT2D eigenvalue weighted by Crippen LogP contribution is 2.45. The molecule has 0 aromatic heterocycles. The van der Waals surface area contributed by atoms with Gasteiger partial charge in [-0.25, -0.2) is 0 Å². The van der Waals surface area contributed by atoms with Gasteiger partial charge in [0.15, 0.2) is 0 Å². The zero-order valence-corrected chi connectivity index (χ0v) is 19.0. The van der Waals surface area contributed by atoms with Crippen LogP contribution in [0.25, 0.3) is 0 Å². The highest BCUT2D eigenvalue weighted by atomic mass is 28.4. The molecule has 0 amide bonds. The summed E-state index contributed by atoms with van der Waals surface area (Å²) in [5, 5.41) is 13.3. The summed E-state index contributed by atoms with van der Waals surface area (Å²) >= 11 is 0. The molecule has 2 saturated heterocycles. The molecule has 29 heavy (non-hydrogen) atoms. The molecule has 0 aliphatic carbocycles. The minimum Gasteiger partial charge on any atom is -0.404 e. The highest BCUT2D eigenvalue weighted by Gasteiger charge is 2.64. The summed E-state index contributed by atoms with van der Waals surface area (Å²) in [6.07, 6.45) is -1.17. The van der Waals surface area contributed by atoms with Crippen molar-refractivity contribution in [3.63, 3.8) is 0 Å². The van der Waals surface area contributed by atoms with E-state index in [0.29, 0.717) is 6.61 Å². The quantitative estimate of drug-likeness (QED) is 0.758. The number of hydrogen-bond acceptors (Lipinski definition) is 4. The third kappa shape index (κ3) is 3.13. The third-order valence-corrected chi connectivity index (χ3v) is 11.6. The molecule has 2 heterocycles. The van der Waals surface area contributed by atoms with E-state index in [9.17, 15) is 5.11 Å². The van der Waals surface area contributed by atoms with Gasteiger partial charge in [0.25, 0.3) is 8.32 Å². The number of aliphatic hydroxyl groups is 1. The van der Waals surface area contributed by atoms with Crippen LogP contribution in [0.2, 0.25) is 5.04 Å². The normalized spacial score (nSPS) is 31.9. The van der Waals surface area contributed by atoms with Gasteiger partial charge in [-0.05, 0) is 22.3 Å². The van der Waals surface area contributed by atoms with E-state index < -0.39 is 20.0 Å². The van der Waals surface area contributed by atoms with Crippen LogP contribution in [-0.2, 0) is 13.9 Å². The first kappa shape index (κ1) is 20.8. The second kappa shape index (κ2) is 7.36. The van der Waals surface area contributed by atoms with Crippen molar-refractivity contribution in [3.8, 4) is 0 Å². The SMILES string of the molecule is B[C@@H]1O[C@@]2(CO[Si](c3ccccc3)(c3ccccc3)C(C)(C)C)[C@@H](C)O[C@@H]1[C@@H]2O. The van der Waals surface area contributed by atoms with Gasteiger partial charge in [-0.2, -0.15) is 0 Å². The van der Waals surface area contributed by atoms with E-state index in [4.69, 9.17) is 13.9 Å². The first-order valence-electron chi connectivity index (χ1n) is 10.5. The number of rotatable bonds is 5. The van der Waals surface area contributed by atoms with Crippen molar-refractivity contribution in [1.82, 2.24) is 0 Å². The van der Waals surface area contributed by atoms with Gasteiger partial charge in [-0.1, -0.05) is 81.4 Å². The molecule has 2 aromatic rings. The van der Waals surface area contributed by atoms with E-state index in [1.807, 2.05) is 26.9 Å². The number of aliphatic hydroxyl groups excluding tert-OH is 1. The summed E-state index contributed by atoms with van der Waals surface area (Å²) in [6.45, 7) is 9.04. The average molecular weight is 410 g/mol. The van der Waals surface area contributed by atoms with Crippen molar-refractivity contribution < 1.29 is 19.0 Å². The topological polar surface area (TPSA) is 47.9 Å². The summed E-state index contributed by atoms with van der Waals surface area (Å²) in [4.78, 5) is 0. The second-order valence-electron chi connectivity index (χ2n) is 9.42. The molecule has 6 heteroatoms. The molecule has 2 aliphatic rings. The molecule has 2 fully saturated rings. The lowest BCUT2D eigenvalue weighted by atomic mass is 9.91. The van der Waals surface area contributed by atoms with Gasteiger partial charge in [-0.15, -0.1) is 0 Å². The lowest BCUT2D eigenvalue weighted by Crippen LogP contribution is -2.68. The molecule has 2 aromatic carbocycles. The maximum atomic E-state index is 10.9. The zero-order chi connectivity index (χ0) is 20.9. The minimum absolute atomic E-state index is 0.121. The molecule has 0 unspecified atom stereocenters. The highest BCUT2D eigenvalue weighted by molar-refractivity contribution is 6.99. The Hall–Kier alpha value is -1.44. The lowest BCUT2D eigenvalue weighted by Gasteiger charge is -2.45. The maximum Gasteiger partial charge on any atom is 0.261 e. The summed E-state index contributed by atoms with van der Waals surface area (Å²) in [7, 11) is -0.727. The van der Waals surface area contributed by atoms with Gasteiger partial charge in [0, 0.05) is 0 Å². The van der Waals surface area contributed by atoms with Gasteiger partial charge >= 0.3 is 0 Å². The fraction of sp³-hybridized carbons (Fsp3) is 0.478. The van der Waals surface area contributed by atoms with Crippen molar-refractivity contribution in [2.45, 2.75) is 62.6 Å². The predicted molar refractivity (Wildman–Crippen MR) is 120 cm³/mol. The molecule has 154 valence electrons. The Kier molecular flexibility index (Phi) is 5.28. The Bertz CT molecular complexity index is 801. The number of fused-ring (bicyclic) bond motifs is 2. The van der Waals surface area contributed by atoms with E-state index in [1.54, 1.807) is 0 Å². The van der Waals surface area contributed by atoms with Crippen molar-refractivity contribution in [2.24, 2.45) is 0 Å². The molecule has 0 radical (unpaired) electrons. The molecule has 4 rings (SSSR count). The molecule has 0 saturated carbocycles. The number of benzene rings is 2. The molecule has 1 N–H and O–H groups in total. The molecule has 0 spiro atoms. The Morgan fingerprint density at radius 2 is 1.55 bits per heavy atom. The molecule has 5 atom stereocenters. The molecular weight excluding hydrogens is 379 g/mol. The maximum absolute atomic E-state index is 10.9. The van der Waals surface area contributed by atoms with Crippen molar-refractivity contribution in [1.29, 1.82) is 0 Å². The van der Waals surface area contributed by atoms with Crippen LogP contribution in [0.4, 0.5) is 0 Å². The zero-order valence-electron chi connectivity index (χ0n) is 18.0. The standard InChI is InChI=1S/C23H31BO4Si/c1-16-23(20(25)19(27-16)21(24)28-23)15-26-29(22(2,3)4,17-11-7-5-8-12-17)18-13-9-6-10-14-18/h5-14,16,19-21,25H,15,24H2,1-4H3/t16-,19-,20+,21-,23+/m1/s1. The van der Waals surface area contributed by atoms with E-state index in [2.05, 4.69) is 69.3 Å². The van der Waals surface area contributed by atoms with E-state index >= 15 is 0 Å². The smallest absolute Gasteiger partial charge is 0.261 e. The number of hydrogen-bond donors (Lipinski definition) is 1. The largest absolute Gasteiger partial charge is 0.404 e. The first-order valence-corrected chi connectivity index (χ1v) is 12.4. The van der Waals surface area contributed by atoms with Crippen molar-refractivity contribution in [3.05, 3.63) is 60.7 Å². The lowest BCUT2D eigenvalue weighted by molar-refractivity contribution is -0.170. The van der Waals surface area contributed by atoms with Gasteiger partial charge < -0.3 is 19.0 Å². The van der Waals surface area contributed by atoms with Gasteiger partial charge in [-0.3, -0.25) is 0 Å². The monoisotopic (exact) mass is 410 g/mol. The molecule has 4 nitrogen and oxygen atoms in total. The Balaban J connectivity index is 1.80. The third-order valence-electron chi connectivity index (χ3n) is 6.66. The van der Waals surface area contributed by atoms with Gasteiger partial charge in [0.05, 0.1) is 18.7 Å². The van der Waals surface area contributed by atoms with Crippen molar-refractivity contribution in [2.75, 3.05) is 6.61 Å². The van der Waals surface area contributed by atoms with E-state index in [-0.39, 0.29) is 23.2 Å². The van der Waals surface area contributed by atoms with Crippen LogP contribution >= 0.6 is 0 Å². The molecule has 2 aliphatic heterocycles. The van der Waals surface area contributed by atoms with E-state index in [1.165, 1.54) is 10.4 Å². The van der Waals surface area contributed by atoms with Crippen LogP contribution < -0.4 is 10.4 Å². The van der Waals surface area contributed by atoms with Gasteiger partial charge in [0.2, 0.25) is 0 Å². The van der Waals surface area contributed by atoms with Gasteiger partial charge in [0.1, 0.15) is 25.7 Å².